The van der Waals surface area contributed by atoms with Crippen molar-refractivity contribution in [2.75, 3.05) is 13.1 Å². The van der Waals surface area contributed by atoms with Gasteiger partial charge in [0, 0.05) is 25.5 Å². The van der Waals surface area contributed by atoms with Crippen LogP contribution in [0, 0.1) is 5.92 Å². The van der Waals surface area contributed by atoms with E-state index in [-0.39, 0.29) is 11.9 Å². The summed E-state index contributed by atoms with van der Waals surface area (Å²) in [5, 5.41) is 6.28. The molecule has 1 fully saturated rings. The summed E-state index contributed by atoms with van der Waals surface area (Å²) in [5.41, 5.74) is 0. The predicted octanol–water partition coefficient (Wildman–Crippen LogP) is 0.777. The number of hydrogen-bond acceptors (Lipinski definition) is 3. The average Bonchev–Trinajstić information content (AvgIpc) is 2.92. The summed E-state index contributed by atoms with van der Waals surface area (Å²) in [4.78, 5) is 16.0. The summed E-state index contributed by atoms with van der Waals surface area (Å²) in [6.45, 7) is 4.59. The van der Waals surface area contributed by atoms with Crippen LogP contribution in [0.4, 0.5) is 0 Å². The van der Waals surface area contributed by atoms with Gasteiger partial charge in [0.25, 0.3) is 0 Å². The number of nitrogens with one attached hydrogen (secondary N) is 2. The van der Waals surface area contributed by atoms with Crippen LogP contribution in [-0.2, 0) is 11.3 Å². The SMILES string of the molecule is CCC1CCNC(C(=O)NCCn2ccnc2)C1. The van der Waals surface area contributed by atoms with Crippen LogP contribution < -0.4 is 10.6 Å². The van der Waals surface area contributed by atoms with E-state index in [0.717, 1.165) is 19.5 Å². The van der Waals surface area contributed by atoms with E-state index in [4.69, 9.17) is 0 Å². The first-order chi connectivity index (χ1) is 8.79. The zero-order valence-electron chi connectivity index (χ0n) is 10.9. The summed E-state index contributed by atoms with van der Waals surface area (Å²) in [7, 11) is 0. The van der Waals surface area contributed by atoms with Gasteiger partial charge in [0.15, 0.2) is 0 Å². The van der Waals surface area contributed by atoms with Gasteiger partial charge in [-0.15, -0.1) is 0 Å². The molecule has 2 heterocycles. The monoisotopic (exact) mass is 250 g/mol. The topological polar surface area (TPSA) is 59.0 Å². The highest BCUT2D eigenvalue weighted by molar-refractivity contribution is 5.81. The van der Waals surface area contributed by atoms with E-state index in [1.807, 2.05) is 10.8 Å². The molecular weight excluding hydrogens is 228 g/mol. The van der Waals surface area contributed by atoms with Crippen LogP contribution in [-0.4, -0.2) is 34.6 Å². The van der Waals surface area contributed by atoms with Crippen LogP contribution in [0.5, 0.6) is 0 Å². The van der Waals surface area contributed by atoms with Crippen LogP contribution in [0.1, 0.15) is 26.2 Å². The molecule has 1 aromatic rings. The highest BCUT2D eigenvalue weighted by atomic mass is 16.2. The van der Waals surface area contributed by atoms with E-state index in [1.54, 1.807) is 12.5 Å². The molecule has 1 amide bonds. The highest BCUT2D eigenvalue weighted by Gasteiger charge is 2.25. The van der Waals surface area contributed by atoms with Crippen molar-refractivity contribution in [1.29, 1.82) is 0 Å². The van der Waals surface area contributed by atoms with E-state index < -0.39 is 0 Å². The van der Waals surface area contributed by atoms with Crippen LogP contribution >= 0.6 is 0 Å². The van der Waals surface area contributed by atoms with Gasteiger partial charge in [0.05, 0.1) is 12.4 Å². The predicted molar refractivity (Wildman–Crippen MR) is 70.0 cm³/mol. The molecule has 0 spiro atoms. The quantitative estimate of drug-likeness (QED) is 0.812. The van der Waals surface area contributed by atoms with E-state index in [1.165, 1.54) is 12.8 Å². The Morgan fingerprint density at radius 1 is 1.61 bits per heavy atom. The Morgan fingerprint density at radius 3 is 3.22 bits per heavy atom. The van der Waals surface area contributed by atoms with Crippen LogP contribution in [0.2, 0.25) is 0 Å². The van der Waals surface area contributed by atoms with Crippen LogP contribution in [0.25, 0.3) is 0 Å². The molecule has 0 aliphatic carbocycles. The molecule has 100 valence electrons. The second-order valence-corrected chi connectivity index (χ2v) is 4.90. The summed E-state index contributed by atoms with van der Waals surface area (Å²) in [6.07, 6.45) is 8.73. The van der Waals surface area contributed by atoms with Crippen molar-refractivity contribution in [2.45, 2.75) is 38.8 Å². The molecular formula is C13H22N4O. The molecule has 0 aromatic carbocycles. The number of carbonyl (C=O) groups excluding carboxylic acids is 1. The number of aromatic nitrogens is 2. The fourth-order valence-corrected chi connectivity index (χ4v) is 2.42. The van der Waals surface area contributed by atoms with E-state index in [0.29, 0.717) is 12.5 Å². The lowest BCUT2D eigenvalue weighted by atomic mass is 9.90. The number of rotatable bonds is 5. The maximum atomic E-state index is 12.0. The minimum absolute atomic E-state index is 0.00788. The van der Waals surface area contributed by atoms with Crippen LogP contribution in [0.15, 0.2) is 18.7 Å². The zero-order chi connectivity index (χ0) is 12.8. The van der Waals surface area contributed by atoms with Gasteiger partial charge in [-0.3, -0.25) is 4.79 Å². The third-order valence-corrected chi connectivity index (χ3v) is 3.63. The Bertz CT molecular complexity index is 363. The molecule has 1 aliphatic heterocycles. The number of amides is 1. The Balaban J connectivity index is 1.70. The number of piperidine rings is 1. The van der Waals surface area contributed by atoms with Gasteiger partial charge in [-0.2, -0.15) is 0 Å². The van der Waals surface area contributed by atoms with Crippen molar-refractivity contribution in [2.24, 2.45) is 5.92 Å². The van der Waals surface area contributed by atoms with Gasteiger partial charge in [0.2, 0.25) is 5.91 Å². The Labute approximate surface area is 108 Å². The molecule has 0 bridgehead atoms. The molecule has 1 aromatic heterocycles. The zero-order valence-corrected chi connectivity index (χ0v) is 10.9. The standard InChI is InChI=1S/C13H22N4O/c1-2-11-3-4-15-12(9-11)13(18)16-6-8-17-7-5-14-10-17/h5,7,10-12,15H,2-4,6,8-9H2,1H3,(H,16,18). The fraction of sp³-hybridized carbons (Fsp3) is 0.692. The van der Waals surface area contributed by atoms with Gasteiger partial charge in [-0.05, 0) is 25.3 Å². The molecule has 5 nitrogen and oxygen atoms in total. The summed E-state index contributed by atoms with van der Waals surface area (Å²) in [5.74, 6) is 0.823. The lowest BCUT2D eigenvalue weighted by Gasteiger charge is -2.28. The molecule has 5 heteroatoms. The molecule has 2 N–H and O–H groups in total. The summed E-state index contributed by atoms with van der Waals surface area (Å²) >= 11 is 0. The van der Waals surface area contributed by atoms with Crippen LogP contribution in [0.3, 0.4) is 0 Å². The maximum absolute atomic E-state index is 12.0. The molecule has 0 radical (unpaired) electrons. The van der Waals surface area contributed by atoms with Crippen molar-refractivity contribution in [3.8, 4) is 0 Å². The van der Waals surface area contributed by atoms with E-state index >= 15 is 0 Å². The average molecular weight is 250 g/mol. The minimum atomic E-state index is -0.00788. The molecule has 2 rings (SSSR count). The van der Waals surface area contributed by atoms with Gasteiger partial charge >= 0.3 is 0 Å². The molecule has 18 heavy (non-hydrogen) atoms. The Hall–Kier alpha value is -1.36. The summed E-state index contributed by atoms with van der Waals surface area (Å²) in [6, 6.07) is -0.00788. The summed E-state index contributed by atoms with van der Waals surface area (Å²) < 4.78 is 1.96. The lowest BCUT2D eigenvalue weighted by molar-refractivity contribution is -0.124. The molecule has 2 unspecified atom stereocenters. The van der Waals surface area contributed by atoms with Gasteiger partial charge < -0.3 is 15.2 Å². The molecule has 1 saturated heterocycles. The van der Waals surface area contributed by atoms with E-state index in [9.17, 15) is 4.79 Å². The highest BCUT2D eigenvalue weighted by Crippen LogP contribution is 2.19. The van der Waals surface area contributed by atoms with Crippen molar-refractivity contribution in [3.63, 3.8) is 0 Å². The molecule has 2 atom stereocenters. The first-order valence-electron chi connectivity index (χ1n) is 6.76. The van der Waals surface area contributed by atoms with E-state index in [2.05, 4.69) is 22.5 Å². The first kappa shape index (κ1) is 13.1. The van der Waals surface area contributed by atoms with Gasteiger partial charge in [-0.1, -0.05) is 13.3 Å². The second kappa shape index (κ2) is 6.54. The fourth-order valence-electron chi connectivity index (χ4n) is 2.42. The second-order valence-electron chi connectivity index (χ2n) is 4.90. The molecule has 1 aliphatic rings. The lowest BCUT2D eigenvalue weighted by Crippen LogP contribution is -2.49. The normalized spacial score (nSPS) is 23.8. The van der Waals surface area contributed by atoms with Crippen molar-refractivity contribution >= 4 is 5.91 Å². The Kier molecular flexibility index (Phi) is 4.75. The molecule has 0 saturated carbocycles. The van der Waals surface area contributed by atoms with Crippen molar-refractivity contribution in [1.82, 2.24) is 20.2 Å². The van der Waals surface area contributed by atoms with Gasteiger partial charge in [0.1, 0.15) is 0 Å². The number of carbonyl (C=O) groups is 1. The first-order valence-corrected chi connectivity index (χ1v) is 6.76. The van der Waals surface area contributed by atoms with Gasteiger partial charge in [-0.25, -0.2) is 4.98 Å². The third kappa shape index (κ3) is 3.57. The number of imidazole rings is 1. The van der Waals surface area contributed by atoms with Crippen molar-refractivity contribution in [3.05, 3.63) is 18.7 Å². The smallest absolute Gasteiger partial charge is 0.237 e. The minimum Gasteiger partial charge on any atom is -0.353 e. The largest absolute Gasteiger partial charge is 0.353 e. The number of nitrogens with zero attached hydrogens (tertiary/aromatic N) is 2. The maximum Gasteiger partial charge on any atom is 0.237 e. The Morgan fingerprint density at radius 2 is 2.50 bits per heavy atom. The van der Waals surface area contributed by atoms with Crippen molar-refractivity contribution < 1.29 is 4.79 Å². The third-order valence-electron chi connectivity index (χ3n) is 3.63. The number of hydrogen-bond donors (Lipinski definition) is 2.